The lowest BCUT2D eigenvalue weighted by Gasteiger charge is -2.14. The Bertz CT molecular complexity index is 534. The van der Waals surface area contributed by atoms with Gasteiger partial charge in [-0.25, -0.2) is 4.79 Å². The average Bonchev–Trinajstić information content (AvgIpc) is 2.57. The number of carbonyl (C=O) groups excluding carboxylic acids is 2. The van der Waals surface area contributed by atoms with Crippen LogP contribution in [-0.2, 0) is 9.53 Å². The van der Waals surface area contributed by atoms with E-state index in [1.165, 1.54) is 7.11 Å². The highest BCUT2D eigenvalue weighted by atomic mass is 16.5. The minimum atomic E-state index is -0.331. The predicted octanol–water partition coefficient (Wildman–Crippen LogP) is 2.95. The molecule has 0 atom stereocenters. The third kappa shape index (κ3) is 7.21. The highest BCUT2D eigenvalue weighted by molar-refractivity contribution is 5.91. The second kappa shape index (κ2) is 11.2. The number of anilines is 1. The molecule has 0 unspecified atom stereocenters. The lowest BCUT2D eigenvalue weighted by molar-refractivity contribution is -0.140. The molecule has 0 saturated heterocycles. The Labute approximate surface area is 142 Å². The van der Waals surface area contributed by atoms with E-state index >= 15 is 0 Å². The summed E-state index contributed by atoms with van der Waals surface area (Å²) in [5, 5.41) is 5.50. The van der Waals surface area contributed by atoms with Crippen LogP contribution in [0.15, 0.2) is 18.2 Å². The number of benzene rings is 1. The fourth-order valence-corrected chi connectivity index (χ4v) is 2.01. The van der Waals surface area contributed by atoms with E-state index in [1.54, 1.807) is 18.2 Å². The van der Waals surface area contributed by atoms with Gasteiger partial charge < -0.3 is 24.8 Å². The molecule has 24 heavy (non-hydrogen) atoms. The van der Waals surface area contributed by atoms with E-state index in [9.17, 15) is 9.59 Å². The smallest absolute Gasteiger partial charge is 0.319 e. The molecule has 7 heteroatoms. The number of unbranched alkanes of at least 4 members (excludes halogenated alkanes) is 1. The van der Waals surface area contributed by atoms with Gasteiger partial charge in [-0.05, 0) is 38.8 Å². The first-order chi connectivity index (χ1) is 11.6. The van der Waals surface area contributed by atoms with Gasteiger partial charge in [0.25, 0.3) is 0 Å². The predicted molar refractivity (Wildman–Crippen MR) is 91.7 cm³/mol. The molecule has 134 valence electrons. The van der Waals surface area contributed by atoms with Crippen molar-refractivity contribution in [1.82, 2.24) is 5.32 Å². The van der Waals surface area contributed by atoms with Gasteiger partial charge in [-0.1, -0.05) is 0 Å². The molecule has 1 aromatic carbocycles. The van der Waals surface area contributed by atoms with Gasteiger partial charge in [-0.3, -0.25) is 4.79 Å². The molecule has 2 N–H and O–H groups in total. The summed E-state index contributed by atoms with van der Waals surface area (Å²) in [6, 6.07) is 4.96. The SMILES string of the molecule is CCOc1ccc(OCC)c(NC(=O)NCCCCC(=O)OC)c1. The van der Waals surface area contributed by atoms with E-state index < -0.39 is 0 Å². The van der Waals surface area contributed by atoms with Crippen LogP contribution in [-0.4, -0.2) is 38.9 Å². The Balaban J connectivity index is 2.49. The van der Waals surface area contributed by atoms with Gasteiger partial charge in [0.1, 0.15) is 11.5 Å². The van der Waals surface area contributed by atoms with E-state index in [4.69, 9.17) is 9.47 Å². The molecule has 1 rings (SSSR count). The molecule has 0 fully saturated rings. The first-order valence-electron chi connectivity index (χ1n) is 8.12. The number of urea groups is 1. The average molecular weight is 338 g/mol. The maximum absolute atomic E-state index is 12.0. The van der Waals surface area contributed by atoms with E-state index in [0.29, 0.717) is 56.2 Å². The van der Waals surface area contributed by atoms with Gasteiger partial charge in [-0.15, -0.1) is 0 Å². The zero-order chi connectivity index (χ0) is 17.8. The van der Waals surface area contributed by atoms with Crippen LogP contribution in [0.5, 0.6) is 11.5 Å². The fraction of sp³-hybridized carbons (Fsp3) is 0.529. The number of hydrogen-bond donors (Lipinski definition) is 2. The first kappa shape index (κ1) is 19.6. The molecule has 0 spiro atoms. The van der Waals surface area contributed by atoms with Crippen molar-refractivity contribution in [3.63, 3.8) is 0 Å². The largest absolute Gasteiger partial charge is 0.494 e. The minimum absolute atomic E-state index is 0.242. The maximum Gasteiger partial charge on any atom is 0.319 e. The van der Waals surface area contributed by atoms with Gasteiger partial charge in [0.15, 0.2) is 0 Å². The van der Waals surface area contributed by atoms with Crippen molar-refractivity contribution in [3.05, 3.63) is 18.2 Å². The minimum Gasteiger partial charge on any atom is -0.494 e. The van der Waals surface area contributed by atoms with Crippen LogP contribution in [0.25, 0.3) is 0 Å². The van der Waals surface area contributed by atoms with Crippen LogP contribution >= 0.6 is 0 Å². The first-order valence-corrected chi connectivity index (χ1v) is 8.12. The van der Waals surface area contributed by atoms with Crippen molar-refractivity contribution in [2.45, 2.75) is 33.1 Å². The summed E-state index contributed by atoms with van der Waals surface area (Å²) in [5.74, 6) is 1.00. The summed E-state index contributed by atoms with van der Waals surface area (Å²) in [5.41, 5.74) is 0.551. The van der Waals surface area contributed by atoms with Crippen LogP contribution in [0.4, 0.5) is 10.5 Å². The maximum atomic E-state index is 12.0. The molecule has 0 aliphatic heterocycles. The number of ether oxygens (including phenoxy) is 3. The van der Waals surface area contributed by atoms with Crippen molar-refractivity contribution in [2.24, 2.45) is 0 Å². The summed E-state index contributed by atoms with van der Waals surface area (Å²) in [4.78, 5) is 23.0. The molecule has 0 heterocycles. The van der Waals surface area contributed by atoms with E-state index in [1.807, 2.05) is 13.8 Å². The number of rotatable bonds is 10. The van der Waals surface area contributed by atoms with Crippen LogP contribution in [0.2, 0.25) is 0 Å². The number of amides is 2. The Morgan fingerprint density at radius 3 is 2.50 bits per heavy atom. The molecule has 0 radical (unpaired) electrons. The Kier molecular flexibility index (Phi) is 9.11. The number of hydrogen-bond acceptors (Lipinski definition) is 5. The topological polar surface area (TPSA) is 85.9 Å². The highest BCUT2D eigenvalue weighted by Gasteiger charge is 2.09. The van der Waals surface area contributed by atoms with E-state index in [2.05, 4.69) is 15.4 Å². The Hall–Kier alpha value is -2.44. The van der Waals surface area contributed by atoms with Gasteiger partial charge in [0.05, 0.1) is 26.0 Å². The molecule has 1 aromatic rings. The van der Waals surface area contributed by atoms with Gasteiger partial charge in [0, 0.05) is 19.0 Å². The number of methoxy groups -OCH3 is 1. The zero-order valence-corrected chi connectivity index (χ0v) is 14.5. The van der Waals surface area contributed by atoms with Crippen molar-refractivity contribution >= 4 is 17.7 Å². The van der Waals surface area contributed by atoms with Crippen molar-refractivity contribution < 1.29 is 23.8 Å². The normalized spacial score (nSPS) is 9.96. The van der Waals surface area contributed by atoms with Crippen LogP contribution < -0.4 is 20.1 Å². The van der Waals surface area contributed by atoms with Crippen molar-refractivity contribution in [3.8, 4) is 11.5 Å². The molecule has 0 bridgehead atoms. The molecular weight excluding hydrogens is 312 g/mol. The Morgan fingerprint density at radius 1 is 1.08 bits per heavy atom. The van der Waals surface area contributed by atoms with E-state index in [0.717, 1.165) is 0 Å². The number of nitrogens with one attached hydrogen (secondary N) is 2. The Morgan fingerprint density at radius 2 is 1.83 bits per heavy atom. The molecular formula is C17H26N2O5. The van der Waals surface area contributed by atoms with Crippen molar-refractivity contribution in [2.75, 3.05) is 32.2 Å². The van der Waals surface area contributed by atoms with Crippen molar-refractivity contribution in [1.29, 1.82) is 0 Å². The van der Waals surface area contributed by atoms with Gasteiger partial charge in [-0.2, -0.15) is 0 Å². The third-order valence-electron chi connectivity index (χ3n) is 3.13. The molecule has 0 aliphatic carbocycles. The van der Waals surface area contributed by atoms with Crippen LogP contribution in [0.3, 0.4) is 0 Å². The van der Waals surface area contributed by atoms with Crippen LogP contribution in [0.1, 0.15) is 33.1 Å². The summed E-state index contributed by atoms with van der Waals surface area (Å²) in [6.07, 6.45) is 1.71. The molecule has 7 nitrogen and oxygen atoms in total. The summed E-state index contributed by atoms with van der Waals surface area (Å²) in [6.45, 7) is 5.28. The highest BCUT2D eigenvalue weighted by Crippen LogP contribution is 2.29. The number of carbonyl (C=O) groups is 2. The second-order valence-corrected chi connectivity index (χ2v) is 4.94. The fourth-order valence-electron chi connectivity index (χ4n) is 2.01. The third-order valence-corrected chi connectivity index (χ3v) is 3.13. The van der Waals surface area contributed by atoms with Gasteiger partial charge in [0.2, 0.25) is 0 Å². The van der Waals surface area contributed by atoms with E-state index in [-0.39, 0.29) is 12.0 Å². The summed E-state index contributed by atoms with van der Waals surface area (Å²) >= 11 is 0. The summed E-state index contributed by atoms with van der Waals surface area (Å²) < 4.78 is 15.5. The monoisotopic (exact) mass is 338 g/mol. The number of esters is 1. The quantitative estimate of drug-likeness (QED) is 0.506. The zero-order valence-electron chi connectivity index (χ0n) is 14.5. The van der Waals surface area contributed by atoms with Gasteiger partial charge >= 0.3 is 12.0 Å². The molecule has 0 saturated carbocycles. The summed E-state index contributed by atoms with van der Waals surface area (Å²) in [7, 11) is 1.36. The second-order valence-electron chi connectivity index (χ2n) is 4.94. The van der Waals surface area contributed by atoms with Crippen LogP contribution in [0, 0.1) is 0 Å². The molecule has 0 aliphatic rings. The molecule has 0 aromatic heterocycles. The lowest BCUT2D eigenvalue weighted by Crippen LogP contribution is -2.29. The molecule has 2 amide bonds. The standard InChI is InChI=1S/C17H26N2O5/c1-4-23-13-9-10-15(24-5-2)14(12-13)19-17(21)18-11-7-6-8-16(20)22-3/h9-10,12H,4-8,11H2,1-3H3,(H2,18,19,21). The lowest BCUT2D eigenvalue weighted by atomic mass is 10.2.